The van der Waals surface area contributed by atoms with Crippen LogP contribution in [-0.2, 0) is 13.1 Å². The number of aryl methyl sites for hydroxylation is 2. The second-order valence-corrected chi connectivity index (χ2v) is 4.65. The number of fused-ring (bicyclic) bond motifs is 1. The van der Waals surface area contributed by atoms with E-state index in [9.17, 15) is 0 Å². The van der Waals surface area contributed by atoms with Crippen molar-refractivity contribution in [2.45, 2.75) is 26.9 Å². The number of aromatic nitrogens is 1. The van der Waals surface area contributed by atoms with Crippen molar-refractivity contribution >= 4 is 10.9 Å². The van der Waals surface area contributed by atoms with Gasteiger partial charge in [0.25, 0.3) is 0 Å². The predicted molar refractivity (Wildman–Crippen MR) is 69.7 cm³/mol. The molecule has 0 N–H and O–H groups in total. The molecule has 0 spiro atoms. The molecular weight excluding hydrogens is 196 g/mol. The van der Waals surface area contributed by atoms with Gasteiger partial charge < -0.3 is 9.47 Å². The van der Waals surface area contributed by atoms with Crippen LogP contribution < -0.4 is 0 Å². The molecule has 2 aromatic rings. The van der Waals surface area contributed by atoms with Gasteiger partial charge in [0.1, 0.15) is 0 Å². The van der Waals surface area contributed by atoms with Crippen molar-refractivity contribution in [3.8, 4) is 0 Å². The summed E-state index contributed by atoms with van der Waals surface area (Å²) in [4.78, 5) is 2.22. The Bertz CT molecular complexity index is 495. The van der Waals surface area contributed by atoms with E-state index in [4.69, 9.17) is 0 Å². The Morgan fingerprint density at radius 1 is 1.25 bits per heavy atom. The van der Waals surface area contributed by atoms with Gasteiger partial charge in [-0.1, -0.05) is 18.2 Å². The summed E-state index contributed by atoms with van der Waals surface area (Å²) in [7, 11) is 4.23. The van der Waals surface area contributed by atoms with Crippen LogP contribution in [0.4, 0.5) is 0 Å². The second-order valence-electron chi connectivity index (χ2n) is 4.65. The summed E-state index contributed by atoms with van der Waals surface area (Å²) in [5, 5.41) is 1.40. The van der Waals surface area contributed by atoms with Crippen LogP contribution in [0.15, 0.2) is 24.4 Å². The number of benzene rings is 1. The van der Waals surface area contributed by atoms with E-state index in [1.165, 1.54) is 22.0 Å². The molecule has 0 aliphatic heterocycles. The van der Waals surface area contributed by atoms with E-state index < -0.39 is 0 Å². The van der Waals surface area contributed by atoms with Gasteiger partial charge >= 0.3 is 0 Å². The molecule has 0 fully saturated rings. The summed E-state index contributed by atoms with van der Waals surface area (Å²) in [5.74, 6) is 0. The maximum absolute atomic E-state index is 2.35. The summed E-state index contributed by atoms with van der Waals surface area (Å²) in [5.41, 5.74) is 4.18. The fourth-order valence-corrected chi connectivity index (χ4v) is 2.34. The summed E-state index contributed by atoms with van der Waals surface area (Å²) < 4.78 is 2.35. The molecule has 0 bridgehead atoms. The molecule has 0 saturated heterocycles. The van der Waals surface area contributed by atoms with Gasteiger partial charge in [-0.3, -0.25) is 0 Å². The molecule has 2 nitrogen and oxygen atoms in total. The number of hydrogen-bond donors (Lipinski definition) is 0. The third kappa shape index (κ3) is 1.85. The Morgan fingerprint density at radius 3 is 2.62 bits per heavy atom. The minimum Gasteiger partial charge on any atom is -0.347 e. The third-order valence-corrected chi connectivity index (χ3v) is 3.01. The van der Waals surface area contributed by atoms with Gasteiger partial charge in [-0.05, 0) is 39.1 Å². The monoisotopic (exact) mass is 216 g/mol. The number of nitrogens with zero attached hydrogens (tertiary/aromatic N) is 2. The van der Waals surface area contributed by atoms with Crippen molar-refractivity contribution in [2.75, 3.05) is 14.1 Å². The van der Waals surface area contributed by atoms with E-state index in [1.54, 1.807) is 0 Å². The lowest BCUT2D eigenvalue weighted by molar-refractivity contribution is 0.403. The summed E-state index contributed by atoms with van der Waals surface area (Å²) >= 11 is 0. The van der Waals surface area contributed by atoms with Gasteiger partial charge in [0, 0.05) is 24.7 Å². The van der Waals surface area contributed by atoms with Crippen molar-refractivity contribution in [3.05, 3.63) is 35.5 Å². The topological polar surface area (TPSA) is 8.17 Å². The van der Waals surface area contributed by atoms with Crippen molar-refractivity contribution in [3.63, 3.8) is 0 Å². The first-order valence-corrected chi connectivity index (χ1v) is 5.85. The quantitative estimate of drug-likeness (QED) is 0.765. The van der Waals surface area contributed by atoms with Crippen molar-refractivity contribution < 1.29 is 0 Å². The smallest absolute Gasteiger partial charge is 0.0513 e. The maximum atomic E-state index is 2.35. The van der Waals surface area contributed by atoms with Gasteiger partial charge in [-0.15, -0.1) is 0 Å². The van der Waals surface area contributed by atoms with E-state index in [-0.39, 0.29) is 0 Å². The average molecular weight is 216 g/mol. The Kier molecular flexibility index (Phi) is 3.01. The Balaban J connectivity index is 2.63. The molecule has 1 heterocycles. The van der Waals surface area contributed by atoms with Crippen LogP contribution in [0.2, 0.25) is 0 Å². The summed E-state index contributed by atoms with van der Waals surface area (Å²) in [6, 6.07) is 6.57. The molecule has 1 aromatic heterocycles. The summed E-state index contributed by atoms with van der Waals surface area (Å²) in [6.07, 6.45) is 2.29. The molecule has 0 aliphatic carbocycles. The minimum absolute atomic E-state index is 1.01. The van der Waals surface area contributed by atoms with Gasteiger partial charge in [-0.25, -0.2) is 0 Å². The SMILES string of the molecule is CCn1cc(CN(C)C)c2cccc(C)c21. The van der Waals surface area contributed by atoms with Crippen molar-refractivity contribution in [1.29, 1.82) is 0 Å². The third-order valence-electron chi connectivity index (χ3n) is 3.01. The van der Waals surface area contributed by atoms with Crippen LogP contribution in [0, 0.1) is 6.92 Å². The van der Waals surface area contributed by atoms with Crippen molar-refractivity contribution in [1.82, 2.24) is 9.47 Å². The first kappa shape index (κ1) is 11.2. The zero-order chi connectivity index (χ0) is 11.7. The van der Waals surface area contributed by atoms with E-state index in [1.807, 2.05) is 0 Å². The van der Waals surface area contributed by atoms with Crippen LogP contribution in [0.3, 0.4) is 0 Å². The van der Waals surface area contributed by atoms with Crippen LogP contribution in [-0.4, -0.2) is 23.6 Å². The van der Waals surface area contributed by atoms with Crippen LogP contribution in [0.1, 0.15) is 18.1 Å². The lowest BCUT2D eigenvalue weighted by Gasteiger charge is -2.07. The molecular formula is C14H20N2. The highest BCUT2D eigenvalue weighted by Crippen LogP contribution is 2.25. The van der Waals surface area contributed by atoms with Gasteiger partial charge in [0.05, 0.1) is 5.52 Å². The molecule has 0 saturated carbocycles. The fraction of sp³-hybridized carbons (Fsp3) is 0.429. The maximum Gasteiger partial charge on any atom is 0.0513 e. The molecule has 2 rings (SSSR count). The molecule has 0 radical (unpaired) electrons. The van der Waals surface area contributed by atoms with Gasteiger partial charge in [-0.2, -0.15) is 0 Å². The van der Waals surface area contributed by atoms with E-state index >= 15 is 0 Å². The van der Waals surface area contributed by atoms with Gasteiger partial charge in [0.15, 0.2) is 0 Å². The van der Waals surface area contributed by atoms with E-state index in [0.717, 1.165) is 13.1 Å². The molecule has 16 heavy (non-hydrogen) atoms. The largest absolute Gasteiger partial charge is 0.347 e. The molecule has 0 aliphatic rings. The van der Waals surface area contributed by atoms with Crippen LogP contribution in [0.5, 0.6) is 0 Å². The highest BCUT2D eigenvalue weighted by Gasteiger charge is 2.09. The van der Waals surface area contributed by atoms with E-state index in [2.05, 4.69) is 61.8 Å². The molecule has 1 aromatic carbocycles. The number of hydrogen-bond acceptors (Lipinski definition) is 1. The lowest BCUT2D eigenvalue weighted by Crippen LogP contribution is -2.10. The lowest BCUT2D eigenvalue weighted by atomic mass is 10.1. The normalized spacial score (nSPS) is 11.6. The molecule has 0 unspecified atom stereocenters. The highest BCUT2D eigenvalue weighted by molar-refractivity contribution is 5.86. The zero-order valence-electron chi connectivity index (χ0n) is 10.6. The van der Waals surface area contributed by atoms with Crippen LogP contribution >= 0.6 is 0 Å². The Hall–Kier alpha value is -1.28. The van der Waals surface area contributed by atoms with E-state index in [0.29, 0.717) is 0 Å². The number of rotatable bonds is 3. The molecule has 86 valence electrons. The van der Waals surface area contributed by atoms with Gasteiger partial charge in [0.2, 0.25) is 0 Å². The number of para-hydroxylation sites is 1. The molecule has 0 atom stereocenters. The Labute approximate surface area is 97.5 Å². The fourth-order valence-electron chi connectivity index (χ4n) is 2.34. The second kappa shape index (κ2) is 4.30. The predicted octanol–water partition coefficient (Wildman–Crippen LogP) is 3.03. The summed E-state index contributed by atoms with van der Waals surface area (Å²) in [6.45, 7) is 6.43. The van der Waals surface area contributed by atoms with Crippen LogP contribution in [0.25, 0.3) is 10.9 Å². The first-order chi connectivity index (χ1) is 7.63. The Morgan fingerprint density at radius 2 is 2.00 bits per heavy atom. The standard InChI is InChI=1S/C14H20N2/c1-5-16-10-12(9-15(3)4)13-8-6-7-11(2)14(13)16/h6-8,10H,5,9H2,1-4H3. The average Bonchev–Trinajstić information content (AvgIpc) is 2.57. The molecule has 2 heteroatoms. The zero-order valence-corrected chi connectivity index (χ0v) is 10.6. The first-order valence-electron chi connectivity index (χ1n) is 5.85. The van der Waals surface area contributed by atoms with Crippen molar-refractivity contribution in [2.24, 2.45) is 0 Å². The minimum atomic E-state index is 1.01. The highest BCUT2D eigenvalue weighted by atomic mass is 15.1. The molecule has 0 amide bonds.